The van der Waals surface area contributed by atoms with Gasteiger partial charge in [-0.05, 0) is 30.5 Å². The van der Waals surface area contributed by atoms with Crippen LogP contribution in [0, 0.1) is 5.82 Å². The molecule has 0 saturated carbocycles. The zero-order valence-electron chi connectivity index (χ0n) is 8.78. The van der Waals surface area contributed by atoms with Gasteiger partial charge < -0.3 is 4.90 Å². The SMILES string of the molecule is Fc1ccc2c(c1)N(c1cn[nH]c1)CCC2. The highest BCUT2D eigenvalue weighted by Crippen LogP contribution is 2.33. The van der Waals surface area contributed by atoms with E-state index in [2.05, 4.69) is 15.1 Å². The van der Waals surface area contributed by atoms with Gasteiger partial charge in [0.15, 0.2) is 0 Å². The Morgan fingerprint density at radius 1 is 1.38 bits per heavy atom. The third-order valence-electron chi connectivity index (χ3n) is 2.96. The molecule has 0 unspecified atom stereocenters. The number of aromatic amines is 1. The van der Waals surface area contributed by atoms with Gasteiger partial charge in [-0.1, -0.05) is 6.07 Å². The maximum Gasteiger partial charge on any atom is 0.125 e. The summed E-state index contributed by atoms with van der Waals surface area (Å²) in [6.07, 6.45) is 5.70. The van der Waals surface area contributed by atoms with Crippen molar-refractivity contribution < 1.29 is 4.39 Å². The van der Waals surface area contributed by atoms with Gasteiger partial charge in [0.2, 0.25) is 0 Å². The zero-order valence-corrected chi connectivity index (χ0v) is 8.78. The fourth-order valence-corrected chi connectivity index (χ4v) is 2.21. The minimum Gasteiger partial charge on any atom is -0.339 e. The van der Waals surface area contributed by atoms with Gasteiger partial charge >= 0.3 is 0 Å². The molecule has 16 heavy (non-hydrogen) atoms. The van der Waals surface area contributed by atoms with E-state index in [-0.39, 0.29) is 5.82 Å². The fourth-order valence-electron chi connectivity index (χ4n) is 2.21. The first-order valence-electron chi connectivity index (χ1n) is 5.39. The van der Waals surface area contributed by atoms with Crippen molar-refractivity contribution >= 4 is 11.4 Å². The van der Waals surface area contributed by atoms with Crippen LogP contribution in [0.5, 0.6) is 0 Å². The van der Waals surface area contributed by atoms with Crippen LogP contribution in [0.3, 0.4) is 0 Å². The van der Waals surface area contributed by atoms with Crippen molar-refractivity contribution in [1.82, 2.24) is 10.2 Å². The molecule has 2 aromatic rings. The van der Waals surface area contributed by atoms with Gasteiger partial charge in [-0.3, -0.25) is 5.10 Å². The summed E-state index contributed by atoms with van der Waals surface area (Å²) in [6, 6.07) is 5.00. The molecule has 1 N–H and O–H groups in total. The van der Waals surface area contributed by atoms with Crippen LogP contribution < -0.4 is 4.90 Å². The maximum atomic E-state index is 13.3. The fraction of sp³-hybridized carbons (Fsp3) is 0.250. The van der Waals surface area contributed by atoms with Crippen molar-refractivity contribution in [1.29, 1.82) is 0 Å². The standard InChI is InChI=1S/C12H12FN3/c13-10-4-3-9-2-1-5-16(12(9)6-10)11-7-14-15-8-11/h3-4,6-8H,1-2,5H2,(H,14,15). The monoisotopic (exact) mass is 217 g/mol. The molecule has 1 aromatic heterocycles. The van der Waals surface area contributed by atoms with Gasteiger partial charge in [-0.2, -0.15) is 5.10 Å². The molecule has 3 rings (SSSR count). The summed E-state index contributed by atoms with van der Waals surface area (Å²) in [5.41, 5.74) is 3.16. The average molecular weight is 217 g/mol. The number of fused-ring (bicyclic) bond motifs is 1. The number of aryl methyl sites for hydroxylation is 1. The van der Waals surface area contributed by atoms with Crippen molar-refractivity contribution in [3.8, 4) is 0 Å². The van der Waals surface area contributed by atoms with E-state index in [0.29, 0.717) is 0 Å². The molecule has 1 aromatic carbocycles. The quantitative estimate of drug-likeness (QED) is 0.796. The van der Waals surface area contributed by atoms with Crippen molar-refractivity contribution in [3.05, 3.63) is 42.0 Å². The highest BCUT2D eigenvalue weighted by atomic mass is 19.1. The molecule has 0 saturated heterocycles. The summed E-state index contributed by atoms with van der Waals surface area (Å²) in [6.45, 7) is 0.913. The number of rotatable bonds is 1. The lowest BCUT2D eigenvalue weighted by molar-refractivity contribution is 0.624. The first-order chi connectivity index (χ1) is 7.84. The predicted octanol–water partition coefficient (Wildman–Crippen LogP) is 2.63. The van der Waals surface area contributed by atoms with Crippen LogP contribution in [-0.2, 0) is 6.42 Å². The Morgan fingerprint density at radius 2 is 2.31 bits per heavy atom. The Labute approximate surface area is 92.9 Å². The molecule has 0 amide bonds. The minimum absolute atomic E-state index is 0.186. The summed E-state index contributed by atoms with van der Waals surface area (Å²) in [7, 11) is 0. The number of nitrogens with zero attached hydrogens (tertiary/aromatic N) is 2. The largest absolute Gasteiger partial charge is 0.339 e. The lowest BCUT2D eigenvalue weighted by atomic mass is 10.0. The topological polar surface area (TPSA) is 31.9 Å². The van der Waals surface area contributed by atoms with Gasteiger partial charge in [0.1, 0.15) is 5.82 Å². The highest BCUT2D eigenvalue weighted by Gasteiger charge is 2.19. The summed E-state index contributed by atoms with van der Waals surface area (Å²) < 4.78 is 13.3. The van der Waals surface area contributed by atoms with Gasteiger partial charge in [0.25, 0.3) is 0 Å². The van der Waals surface area contributed by atoms with E-state index in [1.54, 1.807) is 12.3 Å². The Balaban J connectivity index is 2.08. The number of anilines is 2. The zero-order chi connectivity index (χ0) is 11.0. The smallest absolute Gasteiger partial charge is 0.125 e. The van der Waals surface area contributed by atoms with Crippen LogP contribution in [-0.4, -0.2) is 16.7 Å². The summed E-state index contributed by atoms with van der Waals surface area (Å²) in [5.74, 6) is -0.186. The number of aromatic nitrogens is 2. The number of H-pyrrole nitrogens is 1. The Bertz CT molecular complexity index is 493. The second-order valence-corrected chi connectivity index (χ2v) is 3.98. The Hall–Kier alpha value is -1.84. The van der Waals surface area contributed by atoms with Gasteiger partial charge in [0, 0.05) is 18.4 Å². The molecular formula is C12H12FN3. The number of nitrogens with one attached hydrogen (secondary N) is 1. The van der Waals surface area contributed by atoms with Crippen LogP contribution in [0.4, 0.5) is 15.8 Å². The normalized spacial score (nSPS) is 14.9. The molecule has 82 valence electrons. The van der Waals surface area contributed by atoms with E-state index in [1.807, 2.05) is 12.3 Å². The molecule has 1 aliphatic rings. The second-order valence-electron chi connectivity index (χ2n) is 3.98. The van der Waals surface area contributed by atoms with Crippen molar-refractivity contribution in [2.75, 3.05) is 11.4 Å². The number of hydrogen-bond acceptors (Lipinski definition) is 2. The molecule has 0 atom stereocenters. The number of benzene rings is 1. The van der Waals surface area contributed by atoms with E-state index in [0.717, 1.165) is 30.8 Å². The van der Waals surface area contributed by atoms with Gasteiger partial charge in [-0.25, -0.2) is 4.39 Å². The van der Waals surface area contributed by atoms with Gasteiger partial charge in [0.05, 0.1) is 11.9 Å². The molecule has 0 bridgehead atoms. The minimum atomic E-state index is -0.186. The third kappa shape index (κ3) is 1.46. The Morgan fingerprint density at radius 3 is 3.12 bits per heavy atom. The molecule has 3 nitrogen and oxygen atoms in total. The second kappa shape index (κ2) is 3.63. The van der Waals surface area contributed by atoms with E-state index < -0.39 is 0 Å². The van der Waals surface area contributed by atoms with E-state index >= 15 is 0 Å². The molecule has 0 aliphatic carbocycles. The highest BCUT2D eigenvalue weighted by molar-refractivity contribution is 5.66. The van der Waals surface area contributed by atoms with E-state index in [1.165, 1.54) is 11.6 Å². The average Bonchev–Trinajstić information content (AvgIpc) is 2.81. The van der Waals surface area contributed by atoms with E-state index in [4.69, 9.17) is 0 Å². The first kappa shape index (κ1) is 9.39. The molecule has 2 heterocycles. The van der Waals surface area contributed by atoms with Crippen LogP contribution in [0.15, 0.2) is 30.6 Å². The summed E-state index contributed by atoms with van der Waals surface area (Å²) in [5, 5.41) is 6.72. The van der Waals surface area contributed by atoms with Crippen LogP contribution in [0.1, 0.15) is 12.0 Å². The summed E-state index contributed by atoms with van der Waals surface area (Å²) in [4.78, 5) is 2.10. The molecule has 0 fully saturated rings. The number of hydrogen-bond donors (Lipinski definition) is 1. The lowest BCUT2D eigenvalue weighted by Gasteiger charge is -2.30. The molecule has 4 heteroatoms. The van der Waals surface area contributed by atoms with Crippen LogP contribution >= 0.6 is 0 Å². The summed E-state index contributed by atoms with van der Waals surface area (Å²) >= 11 is 0. The van der Waals surface area contributed by atoms with Crippen molar-refractivity contribution in [3.63, 3.8) is 0 Å². The number of halogens is 1. The van der Waals surface area contributed by atoms with Crippen molar-refractivity contribution in [2.24, 2.45) is 0 Å². The predicted molar refractivity (Wildman–Crippen MR) is 60.3 cm³/mol. The molecular weight excluding hydrogens is 205 g/mol. The van der Waals surface area contributed by atoms with E-state index in [9.17, 15) is 4.39 Å². The molecule has 1 aliphatic heterocycles. The van der Waals surface area contributed by atoms with Crippen molar-refractivity contribution in [2.45, 2.75) is 12.8 Å². The first-order valence-corrected chi connectivity index (χ1v) is 5.39. The Kier molecular flexibility index (Phi) is 2.13. The maximum absolute atomic E-state index is 13.3. The third-order valence-corrected chi connectivity index (χ3v) is 2.96. The van der Waals surface area contributed by atoms with Crippen LogP contribution in [0.25, 0.3) is 0 Å². The molecule has 0 radical (unpaired) electrons. The molecule has 0 spiro atoms. The van der Waals surface area contributed by atoms with Crippen LogP contribution in [0.2, 0.25) is 0 Å². The van der Waals surface area contributed by atoms with Gasteiger partial charge in [-0.15, -0.1) is 0 Å². The lowest BCUT2D eigenvalue weighted by Crippen LogP contribution is -2.24.